The molecule has 0 saturated carbocycles. The van der Waals surface area contributed by atoms with Crippen molar-refractivity contribution in [2.24, 2.45) is 5.92 Å². The fourth-order valence-corrected chi connectivity index (χ4v) is 4.12. The summed E-state index contributed by atoms with van der Waals surface area (Å²) < 4.78 is 5.15. The Kier molecular flexibility index (Phi) is 4.71. The van der Waals surface area contributed by atoms with E-state index in [-0.39, 0.29) is 11.8 Å². The van der Waals surface area contributed by atoms with E-state index in [4.69, 9.17) is 4.74 Å². The average molecular weight is 368 g/mol. The fourth-order valence-electron chi connectivity index (χ4n) is 3.18. The van der Waals surface area contributed by atoms with Crippen LogP contribution in [-0.4, -0.2) is 36.1 Å². The zero-order chi connectivity index (χ0) is 17.9. The van der Waals surface area contributed by atoms with Crippen molar-refractivity contribution in [1.82, 2.24) is 9.97 Å². The van der Waals surface area contributed by atoms with Gasteiger partial charge in [0.15, 0.2) is 5.13 Å². The largest absolute Gasteiger partial charge is 0.497 e. The predicted octanol–water partition coefficient (Wildman–Crippen LogP) is 3.56. The Balaban J connectivity index is 1.44. The SMILES string of the molecule is COc1ccc(NC(=O)[C@H]2CCCN(c3nc4cccnc4s3)C2)cc1. The molecule has 6 nitrogen and oxygen atoms in total. The maximum absolute atomic E-state index is 12.7. The van der Waals surface area contributed by atoms with Crippen LogP contribution in [0.2, 0.25) is 0 Å². The monoisotopic (exact) mass is 368 g/mol. The van der Waals surface area contributed by atoms with E-state index in [2.05, 4.69) is 20.2 Å². The molecule has 0 aliphatic carbocycles. The molecule has 1 aliphatic heterocycles. The number of ether oxygens (including phenoxy) is 1. The van der Waals surface area contributed by atoms with Crippen LogP contribution >= 0.6 is 11.3 Å². The number of hydrogen-bond acceptors (Lipinski definition) is 6. The minimum atomic E-state index is -0.0502. The van der Waals surface area contributed by atoms with Crippen molar-refractivity contribution in [3.05, 3.63) is 42.6 Å². The number of piperidine rings is 1. The van der Waals surface area contributed by atoms with Gasteiger partial charge in [0.1, 0.15) is 16.1 Å². The first-order valence-corrected chi connectivity index (χ1v) is 9.46. The molecule has 0 radical (unpaired) electrons. The average Bonchev–Trinajstić information content (AvgIpc) is 3.13. The number of anilines is 2. The molecule has 1 N–H and O–H groups in total. The van der Waals surface area contributed by atoms with E-state index in [1.54, 1.807) is 24.6 Å². The molecule has 0 unspecified atom stereocenters. The zero-order valence-corrected chi connectivity index (χ0v) is 15.3. The second-order valence-electron chi connectivity index (χ2n) is 6.33. The molecule has 7 heteroatoms. The molecule has 1 saturated heterocycles. The van der Waals surface area contributed by atoms with Crippen molar-refractivity contribution >= 4 is 38.4 Å². The van der Waals surface area contributed by atoms with Gasteiger partial charge in [-0.15, -0.1) is 0 Å². The minimum absolute atomic E-state index is 0.0502. The van der Waals surface area contributed by atoms with Crippen LogP contribution in [0.4, 0.5) is 10.8 Å². The highest BCUT2D eigenvalue weighted by Crippen LogP contribution is 2.30. The van der Waals surface area contributed by atoms with E-state index in [9.17, 15) is 4.79 Å². The van der Waals surface area contributed by atoms with Crippen molar-refractivity contribution in [1.29, 1.82) is 0 Å². The summed E-state index contributed by atoms with van der Waals surface area (Å²) in [5.74, 6) is 0.779. The number of hydrogen-bond donors (Lipinski definition) is 1. The summed E-state index contributed by atoms with van der Waals surface area (Å²) in [4.78, 5) is 24.8. The van der Waals surface area contributed by atoms with E-state index < -0.39 is 0 Å². The third-order valence-electron chi connectivity index (χ3n) is 4.58. The number of carbonyl (C=O) groups is 1. The molecule has 0 bridgehead atoms. The lowest BCUT2D eigenvalue weighted by molar-refractivity contribution is -0.120. The fraction of sp³-hybridized carbons (Fsp3) is 0.316. The lowest BCUT2D eigenvalue weighted by Gasteiger charge is -2.31. The molecule has 1 atom stereocenters. The maximum Gasteiger partial charge on any atom is 0.229 e. The second kappa shape index (κ2) is 7.29. The number of nitrogens with one attached hydrogen (secondary N) is 1. The van der Waals surface area contributed by atoms with Crippen LogP contribution in [0.1, 0.15) is 12.8 Å². The Hall–Kier alpha value is -2.67. The third kappa shape index (κ3) is 3.48. The lowest BCUT2D eigenvalue weighted by Crippen LogP contribution is -2.40. The molecule has 26 heavy (non-hydrogen) atoms. The summed E-state index contributed by atoms with van der Waals surface area (Å²) in [7, 11) is 1.63. The van der Waals surface area contributed by atoms with Gasteiger partial charge in [-0.3, -0.25) is 4.79 Å². The first kappa shape index (κ1) is 16.8. The molecule has 3 heterocycles. The normalized spacial score (nSPS) is 17.3. The van der Waals surface area contributed by atoms with Crippen molar-refractivity contribution < 1.29 is 9.53 Å². The Morgan fingerprint density at radius 2 is 2.15 bits per heavy atom. The van der Waals surface area contributed by atoms with E-state index >= 15 is 0 Å². The number of aromatic nitrogens is 2. The van der Waals surface area contributed by atoms with Crippen molar-refractivity contribution in [3.8, 4) is 5.75 Å². The van der Waals surface area contributed by atoms with Crippen LogP contribution in [-0.2, 0) is 4.79 Å². The molecule has 1 amide bonds. The van der Waals surface area contributed by atoms with Crippen molar-refractivity contribution in [2.75, 3.05) is 30.4 Å². The van der Waals surface area contributed by atoms with E-state index in [1.807, 2.05) is 36.4 Å². The molecule has 1 aliphatic rings. The van der Waals surface area contributed by atoms with Crippen LogP contribution in [0.3, 0.4) is 0 Å². The van der Waals surface area contributed by atoms with Gasteiger partial charge in [-0.05, 0) is 49.2 Å². The van der Waals surface area contributed by atoms with Gasteiger partial charge in [0.25, 0.3) is 0 Å². The number of rotatable bonds is 4. The Morgan fingerprint density at radius 1 is 1.31 bits per heavy atom. The Labute approximate surface area is 155 Å². The molecule has 3 aromatic rings. The molecule has 134 valence electrons. The minimum Gasteiger partial charge on any atom is -0.497 e. The first-order valence-electron chi connectivity index (χ1n) is 8.64. The molecular formula is C19H20N4O2S. The summed E-state index contributed by atoms with van der Waals surface area (Å²) >= 11 is 1.58. The molecule has 1 fully saturated rings. The summed E-state index contributed by atoms with van der Waals surface area (Å²) in [5, 5.41) is 3.96. The molecule has 2 aromatic heterocycles. The second-order valence-corrected chi connectivity index (χ2v) is 7.28. The van der Waals surface area contributed by atoms with E-state index in [0.717, 1.165) is 46.3 Å². The van der Waals surface area contributed by atoms with Gasteiger partial charge in [-0.2, -0.15) is 0 Å². The van der Waals surface area contributed by atoms with Crippen LogP contribution in [0.15, 0.2) is 42.6 Å². The number of pyridine rings is 1. The van der Waals surface area contributed by atoms with Crippen LogP contribution in [0.5, 0.6) is 5.75 Å². The number of methoxy groups -OCH3 is 1. The van der Waals surface area contributed by atoms with E-state index in [0.29, 0.717) is 6.54 Å². The van der Waals surface area contributed by atoms with Crippen LogP contribution < -0.4 is 15.0 Å². The molecule has 0 spiro atoms. The molecular weight excluding hydrogens is 348 g/mol. The first-order chi connectivity index (χ1) is 12.7. The van der Waals surface area contributed by atoms with Crippen LogP contribution in [0.25, 0.3) is 10.3 Å². The summed E-state index contributed by atoms with van der Waals surface area (Å²) in [5.41, 5.74) is 1.70. The standard InChI is InChI=1S/C19H20N4O2S/c1-25-15-8-6-14(7-9-15)21-17(24)13-4-3-11-23(12-13)19-22-16-5-2-10-20-18(16)26-19/h2,5-10,13H,3-4,11-12H2,1H3,(H,21,24)/t13-/m0/s1. The zero-order valence-electron chi connectivity index (χ0n) is 14.5. The maximum atomic E-state index is 12.7. The number of thiazole rings is 1. The Morgan fingerprint density at radius 3 is 2.92 bits per heavy atom. The number of fused-ring (bicyclic) bond motifs is 1. The van der Waals surface area contributed by atoms with Gasteiger partial charge in [0, 0.05) is 25.0 Å². The smallest absolute Gasteiger partial charge is 0.229 e. The highest BCUT2D eigenvalue weighted by molar-refractivity contribution is 7.21. The quantitative estimate of drug-likeness (QED) is 0.763. The number of carbonyl (C=O) groups excluding carboxylic acids is 1. The van der Waals surface area contributed by atoms with Crippen LogP contribution in [0, 0.1) is 5.92 Å². The van der Waals surface area contributed by atoms with Gasteiger partial charge < -0.3 is 15.0 Å². The van der Waals surface area contributed by atoms with Gasteiger partial charge in [-0.25, -0.2) is 9.97 Å². The van der Waals surface area contributed by atoms with Crippen molar-refractivity contribution in [2.45, 2.75) is 12.8 Å². The number of nitrogens with zero attached hydrogens (tertiary/aromatic N) is 3. The van der Waals surface area contributed by atoms with Crippen molar-refractivity contribution in [3.63, 3.8) is 0 Å². The van der Waals surface area contributed by atoms with Gasteiger partial charge in [-0.1, -0.05) is 11.3 Å². The van der Waals surface area contributed by atoms with Gasteiger partial charge >= 0.3 is 0 Å². The van der Waals surface area contributed by atoms with Gasteiger partial charge in [0.05, 0.1) is 13.0 Å². The highest BCUT2D eigenvalue weighted by Gasteiger charge is 2.27. The molecule has 4 rings (SSSR count). The summed E-state index contributed by atoms with van der Waals surface area (Å²) in [6.07, 6.45) is 3.65. The highest BCUT2D eigenvalue weighted by atomic mass is 32.1. The Bertz CT molecular complexity index is 876. The predicted molar refractivity (Wildman–Crippen MR) is 104 cm³/mol. The number of benzene rings is 1. The molecule has 1 aromatic carbocycles. The lowest BCUT2D eigenvalue weighted by atomic mass is 9.97. The van der Waals surface area contributed by atoms with Gasteiger partial charge in [0.2, 0.25) is 5.91 Å². The third-order valence-corrected chi connectivity index (χ3v) is 5.62. The topological polar surface area (TPSA) is 67.3 Å². The number of amides is 1. The summed E-state index contributed by atoms with van der Waals surface area (Å²) in [6, 6.07) is 11.3. The van der Waals surface area contributed by atoms with E-state index in [1.165, 1.54) is 0 Å². The summed E-state index contributed by atoms with van der Waals surface area (Å²) in [6.45, 7) is 1.61.